The Kier molecular flexibility index (Phi) is 4.42. The molecular weight excluding hydrogens is 264 g/mol. The lowest BCUT2D eigenvalue weighted by Gasteiger charge is -2.29. The van der Waals surface area contributed by atoms with Gasteiger partial charge in [0.15, 0.2) is 0 Å². The minimum absolute atomic E-state index is 0.241. The fourth-order valence-corrected chi connectivity index (χ4v) is 3.81. The van der Waals surface area contributed by atoms with Crippen molar-refractivity contribution in [1.82, 2.24) is 9.29 Å². The van der Waals surface area contributed by atoms with Crippen molar-refractivity contribution in [3.05, 3.63) is 18.3 Å². The van der Waals surface area contributed by atoms with Crippen LogP contribution in [0.4, 0.5) is 0 Å². The first-order valence-corrected chi connectivity index (χ1v) is 8.07. The Morgan fingerprint density at radius 3 is 2.84 bits per heavy atom. The van der Waals surface area contributed by atoms with Crippen LogP contribution in [-0.2, 0) is 10.0 Å². The standard InChI is InChI=1S/C13H20N2O3S/c1-3-18-13-7-6-12(9-14-13)19(16,17)15-8-4-5-11(2)10-15/h6-7,9,11H,3-5,8,10H2,1-2H3/t11-/m1/s1. The van der Waals surface area contributed by atoms with Gasteiger partial charge >= 0.3 is 0 Å². The van der Waals surface area contributed by atoms with Crippen molar-refractivity contribution in [2.24, 2.45) is 5.92 Å². The summed E-state index contributed by atoms with van der Waals surface area (Å²) in [5.74, 6) is 0.868. The van der Waals surface area contributed by atoms with Crippen molar-refractivity contribution in [2.75, 3.05) is 19.7 Å². The highest BCUT2D eigenvalue weighted by molar-refractivity contribution is 7.89. The molecule has 0 amide bonds. The van der Waals surface area contributed by atoms with Crippen LogP contribution in [0, 0.1) is 5.92 Å². The number of hydrogen-bond donors (Lipinski definition) is 0. The normalized spacial score (nSPS) is 21.3. The highest BCUT2D eigenvalue weighted by Crippen LogP contribution is 2.23. The Bertz CT molecular complexity index is 513. The zero-order valence-electron chi connectivity index (χ0n) is 11.4. The monoisotopic (exact) mass is 284 g/mol. The molecule has 1 aliphatic heterocycles. The minimum atomic E-state index is -3.41. The molecule has 0 bridgehead atoms. The molecule has 0 aliphatic carbocycles. The third-order valence-electron chi connectivity index (χ3n) is 3.26. The summed E-state index contributed by atoms with van der Waals surface area (Å²) in [5, 5.41) is 0. The van der Waals surface area contributed by atoms with Crippen LogP contribution in [0.1, 0.15) is 26.7 Å². The Labute approximate surface area is 114 Å². The molecule has 6 heteroatoms. The van der Waals surface area contributed by atoms with Crippen LogP contribution >= 0.6 is 0 Å². The molecule has 1 aliphatic rings. The molecule has 1 atom stereocenters. The van der Waals surface area contributed by atoms with Gasteiger partial charge in [-0.25, -0.2) is 13.4 Å². The van der Waals surface area contributed by atoms with Gasteiger partial charge in [-0.05, 0) is 31.7 Å². The molecule has 0 unspecified atom stereocenters. The molecule has 1 fully saturated rings. The van der Waals surface area contributed by atoms with Gasteiger partial charge in [0.2, 0.25) is 15.9 Å². The second-order valence-corrected chi connectivity index (χ2v) is 6.81. The third kappa shape index (κ3) is 3.25. The summed E-state index contributed by atoms with van der Waals surface area (Å²) in [6.07, 6.45) is 3.39. The molecule has 1 saturated heterocycles. The van der Waals surface area contributed by atoms with E-state index in [4.69, 9.17) is 4.74 Å². The lowest BCUT2D eigenvalue weighted by atomic mass is 10.0. The molecule has 0 N–H and O–H groups in total. The number of hydrogen-bond acceptors (Lipinski definition) is 4. The number of sulfonamides is 1. The number of rotatable bonds is 4. The van der Waals surface area contributed by atoms with E-state index in [0.29, 0.717) is 31.5 Å². The fraction of sp³-hybridized carbons (Fsp3) is 0.615. The van der Waals surface area contributed by atoms with Crippen LogP contribution in [0.5, 0.6) is 5.88 Å². The van der Waals surface area contributed by atoms with E-state index in [1.165, 1.54) is 6.20 Å². The molecule has 1 aromatic heterocycles. The molecule has 106 valence electrons. The number of nitrogens with zero attached hydrogens (tertiary/aromatic N) is 2. The van der Waals surface area contributed by atoms with E-state index in [2.05, 4.69) is 11.9 Å². The molecule has 5 nitrogen and oxygen atoms in total. The predicted molar refractivity (Wildman–Crippen MR) is 72.6 cm³/mol. The van der Waals surface area contributed by atoms with Crippen molar-refractivity contribution < 1.29 is 13.2 Å². The number of aromatic nitrogens is 1. The van der Waals surface area contributed by atoms with Crippen LogP contribution < -0.4 is 4.74 Å². The lowest BCUT2D eigenvalue weighted by molar-refractivity contribution is 0.281. The van der Waals surface area contributed by atoms with Gasteiger partial charge in [0.05, 0.1) is 12.8 Å². The van der Waals surface area contributed by atoms with Crippen molar-refractivity contribution in [1.29, 1.82) is 0 Å². The smallest absolute Gasteiger partial charge is 0.244 e. The van der Waals surface area contributed by atoms with E-state index >= 15 is 0 Å². The molecule has 0 spiro atoms. The number of piperidine rings is 1. The maximum absolute atomic E-state index is 12.4. The van der Waals surface area contributed by atoms with Crippen molar-refractivity contribution in [3.8, 4) is 5.88 Å². The Morgan fingerprint density at radius 2 is 2.26 bits per heavy atom. The van der Waals surface area contributed by atoms with Crippen molar-refractivity contribution in [3.63, 3.8) is 0 Å². The maximum atomic E-state index is 12.4. The van der Waals surface area contributed by atoms with Crippen LogP contribution in [0.25, 0.3) is 0 Å². The molecule has 0 radical (unpaired) electrons. The summed E-state index contributed by atoms with van der Waals surface area (Å²) in [6, 6.07) is 3.16. The second kappa shape index (κ2) is 5.88. The van der Waals surface area contributed by atoms with Crippen molar-refractivity contribution >= 4 is 10.0 Å². The summed E-state index contributed by atoms with van der Waals surface area (Å²) in [7, 11) is -3.41. The largest absolute Gasteiger partial charge is 0.478 e. The Hall–Kier alpha value is -1.14. The van der Waals surface area contributed by atoms with E-state index in [0.717, 1.165) is 12.8 Å². The molecule has 19 heavy (non-hydrogen) atoms. The van der Waals surface area contributed by atoms with Gasteiger partial charge < -0.3 is 4.74 Å². The number of pyridine rings is 1. The van der Waals surface area contributed by atoms with Gasteiger partial charge in [-0.15, -0.1) is 0 Å². The van der Waals surface area contributed by atoms with Crippen LogP contribution in [0.3, 0.4) is 0 Å². The Balaban J connectivity index is 2.18. The van der Waals surface area contributed by atoms with E-state index in [9.17, 15) is 8.42 Å². The summed E-state index contributed by atoms with van der Waals surface area (Å²) >= 11 is 0. The summed E-state index contributed by atoms with van der Waals surface area (Å²) < 4.78 is 31.7. The lowest BCUT2D eigenvalue weighted by Crippen LogP contribution is -2.39. The topological polar surface area (TPSA) is 59.5 Å². The Morgan fingerprint density at radius 1 is 1.47 bits per heavy atom. The maximum Gasteiger partial charge on any atom is 0.244 e. The van der Waals surface area contributed by atoms with Gasteiger partial charge in [-0.3, -0.25) is 0 Å². The van der Waals surface area contributed by atoms with Gasteiger partial charge in [-0.2, -0.15) is 4.31 Å². The SMILES string of the molecule is CCOc1ccc(S(=O)(=O)N2CCC[C@@H](C)C2)cn1. The molecule has 0 aromatic carbocycles. The van der Waals surface area contributed by atoms with E-state index in [1.54, 1.807) is 16.4 Å². The van der Waals surface area contributed by atoms with Crippen LogP contribution in [0.2, 0.25) is 0 Å². The van der Waals surface area contributed by atoms with Gasteiger partial charge in [0.1, 0.15) is 4.90 Å². The predicted octanol–water partition coefficient (Wildman–Crippen LogP) is 1.90. The highest BCUT2D eigenvalue weighted by Gasteiger charge is 2.28. The average molecular weight is 284 g/mol. The van der Waals surface area contributed by atoms with Gasteiger partial charge in [-0.1, -0.05) is 6.92 Å². The second-order valence-electron chi connectivity index (χ2n) is 4.88. The first-order valence-electron chi connectivity index (χ1n) is 6.63. The van der Waals surface area contributed by atoms with Gasteiger partial charge in [0.25, 0.3) is 0 Å². The first-order chi connectivity index (χ1) is 9.04. The fourth-order valence-electron chi connectivity index (χ4n) is 2.27. The average Bonchev–Trinajstić information content (AvgIpc) is 2.40. The quantitative estimate of drug-likeness (QED) is 0.847. The van der Waals surface area contributed by atoms with E-state index < -0.39 is 10.0 Å². The minimum Gasteiger partial charge on any atom is -0.478 e. The summed E-state index contributed by atoms with van der Waals surface area (Å²) in [6.45, 7) is 5.65. The third-order valence-corrected chi connectivity index (χ3v) is 5.11. The van der Waals surface area contributed by atoms with Crippen molar-refractivity contribution in [2.45, 2.75) is 31.6 Å². The van der Waals surface area contributed by atoms with E-state index in [-0.39, 0.29) is 4.90 Å². The van der Waals surface area contributed by atoms with Crippen LogP contribution in [-0.4, -0.2) is 37.4 Å². The van der Waals surface area contributed by atoms with E-state index in [1.807, 2.05) is 6.92 Å². The zero-order chi connectivity index (χ0) is 13.9. The number of ether oxygens (including phenoxy) is 1. The summed E-state index contributed by atoms with van der Waals surface area (Å²) in [4.78, 5) is 4.26. The van der Waals surface area contributed by atoms with Crippen LogP contribution in [0.15, 0.2) is 23.2 Å². The molecular formula is C13H20N2O3S. The molecule has 1 aromatic rings. The van der Waals surface area contributed by atoms with Gasteiger partial charge in [0, 0.05) is 19.2 Å². The molecule has 0 saturated carbocycles. The zero-order valence-corrected chi connectivity index (χ0v) is 12.2. The molecule has 2 heterocycles. The first kappa shape index (κ1) is 14.3. The summed E-state index contributed by atoms with van der Waals surface area (Å²) in [5.41, 5.74) is 0. The molecule has 2 rings (SSSR count). The highest BCUT2D eigenvalue weighted by atomic mass is 32.2.